The second-order valence-electron chi connectivity index (χ2n) is 8.17. The quantitative estimate of drug-likeness (QED) is 0.568. The summed E-state index contributed by atoms with van der Waals surface area (Å²) in [5, 5.41) is 4.61. The molecular formula is C23H25N5O5S. The molecule has 0 aliphatic carbocycles. The molecule has 0 unspecified atom stereocenters. The van der Waals surface area contributed by atoms with Crippen molar-refractivity contribution in [3.8, 4) is 0 Å². The molecule has 1 aliphatic rings. The van der Waals surface area contributed by atoms with Gasteiger partial charge in [0.1, 0.15) is 6.54 Å². The van der Waals surface area contributed by atoms with Crippen LogP contribution in [-0.4, -0.2) is 65.4 Å². The number of rotatable bonds is 5. The highest BCUT2D eigenvalue weighted by molar-refractivity contribution is 7.89. The molecule has 2 N–H and O–H groups in total. The van der Waals surface area contributed by atoms with Crippen molar-refractivity contribution in [3.63, 3.8) is 0 Å². The Kier molecular flexibility index (Phi) is 6.49. The number of sulfonamides is 1. The topological polar surface area (TPSA) is 136 Å². The molecule has 0 atom stereocenters. The Hall–Kier alpha value is -3.57. The molecule has 4 rings (SSSR count). The van der Waals surface area contributed by atoms with Crippen LogP contribution in [0.25, 0.3) is 10.8 Å². The zero-order valence-corrected chi connectivity index (χ0v) is 19.5. The average molecular weight is 484 g/mol. The third-order valence-corrected chi connectivity index (χ3v) is 7.77. The first-order valence-electron chi connectivity index (χ1n) is 10.8. The van der Waals surface area contributed by atoms with Gasteiger partial charge in [-0.05, 0) is 31.5 Å². The van der Waals surface area contributed by atoms with E-state index in [0.29, 0.717) is 18.4 Å². The number of nitrogens with zero attached hydrogens (tertiary/aromatic N) is 4. The monoisotopic (exact) mass is 483 g/mol. The minimum Gasteiger partial charge on any atom is -0.364 e. The first-order chi connectivity index (χ1) is 16.2. The standard InChI is InChI=1S/C23H25N5O5S/c1-16-7-9-17(10-8-16)34(32,33)27-12-4-11-26(13-14-27)20(29)15-28-23(31)19-6-3-2-5-18(19)21(25-28)22(24)30/h2-3,5-10H,4,11-15H2,1H3,(H2,24,30). The zero-order chi connectivity index (χ0) is 24.5. The maximum atomic E-state index is 13.0. The van der Waals surface area contributed by atoms with E-state index in [-0.39, 0.29) is 42.2 Å². The van der Waals surface area contributed by atoms with Crippen LogP contribution >= 0.6 is 0 Å². The van der Waals surface area contributed by atoms with Crippen LogP contribution in [0.2, 0.25) is 0 Å². The molecule has 2 aromatic carbocycles. The van der Waals surface area contributed by atoms with E-state index in [4.69, 9.17) is 5.73 Å². The van der Waals surface area contributed by atoms with E-state index < -0.39 is 27.4 Å². The van der Waals surface area contributed by atoms with Crippen LogP contribution in [0.3, 0.4) is 0 Å². The van der Waals surface area contributed by atoms with Gasteiger partial charge in [-0.2, -0.15) is 9.40 Å². The molecule has 1 aliphatic heterocycles. The fourth-order valence-corrected chi connectivity index (χ4v) is 5.46. The molecule has 2 heterocycles. The molecule has 3 aromatic rings. The van der Waals surface area contributed by atoms with E-state index in [1.54, 1.807) is 48.5 Å². The van der Waals surface area contributed by atoms with Gasteiger partial charge in [0, 0.05) is 31.6 Å². The predicted molar refractivity (Wildman–Crippen MR) is 126 cm³/mol. The molecule has 10 nitrogen and oxygen atoms in total. The maximum Gasteiger partial charge on any atom is 0.275 e. The van der Waals surface area contributed by atoms with Gasteiger partial charge in [-0.25, -0.2) is 13.1 Å². The molecule has 2 amide bonds. The van der Waals surface area contributed by atoms with Crippen molar-refractivity contribution in [1.82, 2.24) is 19.0 Å². The Morgan fingerprint density at radius 1 is 0.971 bits per heavy atom. The van der Waals surface area contributed by atoms with Crippen LogP contribution in [0.1, 0.15) is 22.5 Å². The van der Waals surface area contributed by atoms with Crippen LogP contribution in [0.4, 0.5) is 0 Å². The second kappa shape index (κ2) is 9.35. The number of carbonyl (C=O) groups excluding carboxylic acids is 2. The van der Waals surface area contributed by atoms with Gasteiger partial charge in [0.25, 0.3) is 11.5 Å². The van der Waals surface area contributed by atoms with Crippen LogP contribution < -0.4 is 11.3 Å². The van der Waals surface area contributed by atoms with Crippen molar-refractivity contribution >= 4 is 32.6 Å². The predicted octanol–water partition coefficient (Wildman–Crippen LogP) is 0.727. The summed E-state index contributed by atoms with van der Waals surface area (Å²) < 4.78 is 28.3. The van der Waals surface area contributed by atoms with Crippen molar-refractivity contribution < 1.29 is 18.0 Å². The number of hydrogen-bond donors (Lipinski definition) is 1. The number of nitrogens with two attached hydrogens (primary N) is 1. The number of aryl methyl sites for hydroxylation is 1. The summed E-state index contributed by atoms with van der Waals surface area (Å²) in [6, 6.07) is 13.1. The number of hydrogen-bond acceptors (Lipinski definition) is 6. The van der Waals surface area contributed by atoms with Crippen LogP contribution in [0, 0.1) is 6.92 Å². The van der Waals surface area contributed by atoms with Gasteiger partial charge in [-0.3, -0.25) is 14.4 Å². The summed E-state index contributed by atoms with van der Waals surface area (Å²) in [5.74, 6) is -1.20. The first-order valence-corrected chi connectivity index (χ1v) is 12.3. The number of aromatic nitrogens is 2. The highest BCUT2D eigenvalue weighted by Gasteiger charge is 2.28. The highest BCUT2D eigenvalue weighted by Crippen LogP contribution is 2.19. The van der Waals surface area contributed by atoms with E-state index in [2.05, 4.69) is 5.10 Å². The molecule has 11 heteroatoms. The van der Waals surface area contributed by atoms with E-state index in [0.717, 1.165) is 10.2 Å². The lowest BCUT2D eigenvalue weighted by atomic mass is 10.1. The third-order valence-electron chi connectivity index (χ3n) is 5.85. The normalized spacial score (nSPS) is 15.3. The summed E-state index contributed by atoms with van der Waals surface area (Å²) in [6.07, 6.45) is 0.448. The molecule has 0 spiro atoms. The fourth-order valence-electron chi connectivity index (χ4n) is 4.00. The number of primary amides is 1. The summed E-state index contributed by atoms with van der Waals surface area (Å²) in [6.45, 7) is 2.43. The molecule has 0 saturated carbocycles. The molecule has 34 heavy (non-hydrogen) atoms. The molecule has 1 saturated heterocycles. The van der Waals surface area contributed by atoms with Gasteiger partial charge in [0.2, 0.25) is 15.9 Å². The summed E-state index contributed by atoms with van der Waals surface area (Å²) >= 11 is 0. The molecular weight excluding hydrogens is 458 g/mol. The Bertz CT molecular complexity index is 1420. The molecule has 1 aromatic heterocycles. The number of benzene rings is 2. The second-order valence-corrected chi connectivity index (χ2v) is 10.1. The number of carbonyl (C=O) groups is 2. The average Bonchev–Trinajstić information content (AvgIpc) is 3.08. The first kappa shape index (κ1) is 23.6. The van der Waals surface area contributed by atoms with Crippen LogP contribution in [0.15, 0.2) is 58.2 Å². The van der Waals surface area contributed by atoms with Crippen molar-refractivity contribution in [1.29, 1.82) is 0 Å². The largest absolute Gasteiger partial charge is 0.364 e. The number of amides is 2. The van der Waals surface area contributed by atoms with Crippen LogP contribution in [-0.2, 0) is 21.4 Å². The van der Waals surface area contributed by atoms with E-state index >= 15 is 0 Å². The lowest BCUT2D eigenvalue weighted by Crippen LogP contribution is -2.40. The van der Waals surface area contributed by atoms with E-state index in [9.17, 15) is 22.8 Å². The van der Waals surface area contributed by atoms with Gasteiger partial charge in [-0.15, -0.1) is 0 Å². The lowest BCUT2D eigenvalue weighted by molar-refractivity contribution is -0.131. The molecule has 178 valence electrons. The van der Waals surface area contributed by atoms with Gasteiger partial charge in [0.05, 0.1) is 10.3 Å². The zero-order valence-electron chi connectivity index (χ0n) is 18.7. The minimum absolute atomic E-state index is 0.0887. The molecule has 0 bridgehead atoms. The van der Waals surface area contributed by atoms with Gasteiger partial charge < -0.3 is 10.6 Å². The Morgan fingerprint density at radius 2 is 1.65 bits per heavy atom. The summed E-state index contributed by atoms with van der Waals surface area (Å²) in [5.41, 5.74) is 5.80. The number of fused-ring (bicyclic) bond motifs is 1. The maximum absolute atomic E-state index is 13.0. The third kappa shape index (κ3) is 4.57. The highest BCUT2D eigenvalue weighted by atomic mass is 32.2. The van der Waals surface area contributed by atoms with Gasteiger partial charge in [-0.1, -0.05) is 35.9 Å². The minimum atomic E-state index is -3.68. The van der Waals surface area contributed by atoms with Crippen molar-refractivity contribution in [2.75, 3.05) is 26.2 Å². The smallest absolute Gasteiger partial charge is 0.275 e. The van der Waals surface area contributed by atoms with E-state index in [1.165, 1.54) is 9.21 Å². The van der Waals surface area contributed by atoms with Gasteiger partial charge in [0.15, 0.2) is 5.69 Å². The van der Waals surface area contributed by atoms with Gasteiger partial charge >= 0.3 is 0 Å². The summed E-state index contributed by atoms with van der Waals surface area (Å²) in [7, 11) is -3.68. The Morgan fingerprint density at radius 3 is 2.32 bits per heavy atom. The Balaban J connectivity index is 1.52. The summed E-state index contributed by atoms with van der Waals surface area (Å²) in [4.78, 5) is 39.4. The SMILES string of the molecule is Cc1ccc(S(=O)(=O)N2CCCN(C(=O)Cn3nc(C(N)=O)c4ccccc4c3=O)CC2)cc1. The van der Waals surface area contributed by atoms with E-state index in [1.807, 2.05) is 6.92 Å². The molecule has 1 fully saturated rings. The Labute approximate surface area is 196 Å². The van der Waals surface area contributed by atoms with Crippen molar-refractivity contribution in [2.24, 2.45) is 5.73 Å². The van der Waals surface area contributed by atoms with Crippen LogP contribution in [0.5, 0.6) is 0 Å². The molecule has 0 radical (unpaired) electrons. The van der Waals surface area contributed by atoms with Crippen molar-refractivity contribution in [2.45, 2.75) is 24.8 Å². The lowest BCUT2D eigenvalue weighted by Gasteiger charge is -2.22. The fraction of sp³-hybridized carbons (Fsp3) is 0.304. The van der Waals surface area contributed by atoms with Crippen molar-refractivity contribution in [3.05, 3.63) is 70.1 Å².